The van der Waals surface area contributed by atoms with E-state index in [1.165, 1.54) is 0 Å². The van der Waals surface area contributed by atoms with Crippen molar-refractivity contribution in [2.75, 3.05) is 10.6 Å². The van der Waals surface area contributed by atoms with Crippen molar-refractivity contribution in [3.8, 4) is 0 Å². The summed E-state index contributed by atoms with van der Waals surface area (Å²) in [5.41, 5.74) is 6.79. The fourth-order valence-electron chi connectivity index (χ4n) is 1.55. The third kappa shape index (κ3) is 4.34. The molecule has 2 atom stereocenters. The zero-order chi connectivity index (χ0) is 12.8. The van der Waals surface area contributed by atoms with E-state index in [0.717, 1.165) is 12.1 Å². The molecule has 2 amide bonds. The van der Waals surface area contributed by atoms with Gasteiger partial charge in [0.15, 0.2) is 0 Å². The van der Waals surface area contributed by atoms with E-state index >= 15 is 0 Å². The van der Waals surface area contributed by atoms with Gasteiger partial charge in [-0.1, -0.05) is 20.3 Å². The summed E-state index contributed by atoms with van der Waals surface area (Å²) < 4.78 is 0. The summed E-state index contributed by atoms with van der Waals surface area (Å²) >= 11 is 0. The lowest BCUT2D eigenvalue weighted by molar-refractivity contribution is 0.259. The molecule has 1 aromatic rings. The Morgan fingerprint density at radius 1 is 1.24 bits per heavy atom. The molecule has 0 heterocycles. The standard InChI is InChI=1S/C13H21N3O/c1-4-9(2)10(3)15-11-5-7-12(8-6-11)16-13(14)17/h5-10,15H,4H2,1-3H3,(H3,14,16,17). The predicted molar refractivity (Wildman–Crippen MR) is 72.2 cm³/mol. The fraction of sp³-hybridized carbons (Fsp3) is 0.462. The molecule has 1 aromatic carbocycles. The summed E-state index contributed by atoms with van der Waals surface area (Å²) in [6, 6.07) is 7.41. The van der Waals surface area contributed by atoms with Crippen molar-refractivity contribution in [3.05, 3.63) is 24.3 Å². The van der Waals surface area contributed by atoms with E-state index in [0.29, 0.717) is 17.6 Å². The summed E-state index contributed by atoms with van der Waals surface area (Å²) in [4.78, 5) is 10.7. The first kappa shape index (κ1) is 13.4. The van der Waals surface area contributed by atoms with Crippen LogP contribution in [0.4, 0.5) is 16.2 Å². The van der Waals surface area contributed by atoms with Crippen molar-refractivity contribution >= 4 is 17.4 Å². The number of rotatable bonds is 5. The van der Waals surface area contributed by atoms with Crippen molar-refractivity contribution in [2.24, 2.45) is 11.7 Å². The van der Waals surface area contributed by atoms with Gasteiger partial charge in [-0.3, -0.25) is 0 Å². The Hall–Kier alpha value is -1.71. The Morgan fingerprint density at radius 3 is 2.24 bits per heavy atom. The van der Waals surface area contributed by atoms with Gasteiger partial charge in [0.1, 0.15) is 0 Å². The predicted octanol–water partition coefficient (Wildman–Crippen LogP) is 3.02. The van der Waals surface area contributed by atoms with Crippen molar-refractivity contribution in [1.29, 1.82) is 0 Å². The highest BCUT2D eigenvalue weighted by Crippen LogP contribution is 2.17. The van der Waals surface area contributed by atoms with Gasteiger partial charge >= 0.3 is 6.03 Å². The second kappa shape index (κ2) is 6.13. The number of nitrogens with two attached hydrogens (primary N) is 1. The quantitative estimate of drug-likeness (QED) is 0.734. The largest absolute Gasteiger partial charge is 0.382 e. The number of amides is 2. The lowest BCUT2D eigenvalue weighted by atomic mass is 10.0. The van der Waals surface area contributed by atoms with Gasteiger partial charge in [0.2, 0.25) is 0 Å². The molecule has 0 saturated carbocycles. The number of hydrogen-bond acceptors (Lipinski definition) is 2. The van der Waals surface area contributed by atoms with Crippen LogP contribution in [0.15, 0.2) is 24.3 Å². The summed E-state index contributed by atoms with van der Waals surface area (Å²) in [7, 11) is 0. The highest BCUT2D eigenvalue weighted by atomic mass is 16.2. The minimum absolute atomic E-state index is 0.426. The minimum Gasteiger partial charge on any atom is -0.382 e. The number of carbonyl (C=O) groups excluding carboxylic acids is 1. The van der Waals surface area contributed by atoms with Crippen LogP contribution in [0.1, 0.15) is 27.2 Å². The van der Waals surface area contributed by atoms with Crippen LogP contribution in [-0.2, 0) is 0 Å². The zero-order valence-corrected chi connectivity index (χ0v) is 10.7. The van der Waals surface area contributed by atoms with Gasteiger partial charge in [-0.05, 0) is 37.1 Å². The molecular weight excluding hydrogens is 214 g/mol. The molecule has 0 aliphatic heterocycles. The summed E-state index contributed by atoms with van der Waals surface area (Å²) in [5, 5.41) is 5.96. The molecule has 4 N–H and O–H groups in total. The number of urea groups is 1. The zero-order valence-electron chi connectivity index (χ0n) is 10.7. The second-order valence-electron chi connectivity index (χ2n) is 4.39. The van der Waals surface area contributed by atoms with Crippen LogP contribution in [0.5, 0.6) is 0 Å². The maximum Gasteiger partial charge on any atom is 0.316 e. The van der Waals surface area contributed by atoms with E-state index in [9.17, 15) is 4.79 Å². The molecule has 0 aromatic heterocycles. The van der Waals surface area contributed by atoms with Gasteiger partial charge in [0, 0.05) is 17.4 Å². The third-order valence-corrected chi connectivity index (χ3v) is 3.04. The van der Waals surface area contributed by atoms with Crippen LogP contribution in [-0.4, -0.2) is 12.1 Å². The van der Waals surface area contributed by atoms with Crippen LogP contribution in [0.3, 0.4) is 0 Å². The lowest BCUT2D eigenvalue weighted by Crippen LogP contribution is -2.23. The van der Waals surface area contributed by atoms with Gasteiger partial charge in [0.25, 0.3) is 0 Å². The maximum absolute atomic E-state index is 10.7. The third-order valence-electron chi connectivity index (χ3n) is 3.04. The molecule has 1 rings (SSSR count). The van der Waals surface area contributed by atoms with Gasteiger partial charge in [-0.25, -0.2) is 4.79 Å². The molecule has 0 radical (unpaired) electrons. The second-order valence-corrected chi connectivity index (χ2v) is 4.39. The molecule has 0 spiro atoms. The van der Waals surface area contributed by atoms with Crippen LogP contribution >= 0.6 is 0 Å². The summed E-state index contributed by atoms with van der Waals surface area (Å²) in [5.74, 6) is 0.624. The van der Waals surface area contributed by atoms with Gasteiger partial charge in [-0.15, -0.1) is 0 Å². The molecule has 0 aliphatic rings. The Morgan fingerprint density at radius 2 is 1.76 bits per heavy atom. The Bertz CT molecular complexity index is 361. The molecule has 94 valence electrons. The lowest BCUT2D eigenvalue weighted by Gasteiger charge is -2.21. The highest BCUT2D eigenvalue weighted by Gasteiger charge is 2.09. The van der Waals surface area contributed by atoms with Gasteiger partial charge < -0.3 is 16.4 Å². The first-order chi connectivity index (χ1) is 8.02. The number of carbonyl (C=O) groups is 1. The van der Waals surface area contributed by atoms with Crippen LogP contribution in [0.25, 0.3) is 0 Å². The monoisotopic (exact) mass is 235 g/mol. The van der Waals surface area contributed by atoms with Gasteiger partial charge in [-0.2, -0.15) is 0 Å². The van der Waals surface area contributed by atoms with E-state index in [4.69, 9.17) is 5.73 Å². The van der Waals surface area contributed by atoms with Crippen molar-refractivity contribution in [3.63, 3.8) is 0 Å². The first-order valence-electron chi connectivity index (χ1n) is 5.96. The average Bonchev–Trinajstić information content (AvgIpc) is 2.30. The molecule has 4 nitrogen and oxygen atoms in total. The summed E-state index contributed by atoms with van der Waals surface area (Å²) in [6.45, 7) is 6.58. The fourth-order valence-corrected chi connectivity index (χ4v) is 1.55. The topological polar surface area (TPSA) is 67.2 Å². The van der Waals surface area contributed by atoms with Crippen molar-refractivity contribution in [1.82, 2.24) is 0 Å². The van der Waals surface area contributed by atoms with E-state index in [2.05, 4.69) is 31.4 Å². The average molecular weight is 235 g/mol. The number of hydrogen-bond donors (Lipinski definition) is 3. The van der Waals surface area contributed by atoms with Crippen LogP contribution in [0.2, 0.25) is 0 Å². The highest BCUT2D eigenvalue weighted by molar-refractivity contribution is 5.87. The number of nitrogens with one attached hydrogen (secondary N) is 2. The molecular formula is C13H21N3O. The Labute approximate surface area is 103 Å². The number of primary amides is 1. The number of benzene rings is 1. The van der Waals surface area contributed by atoms with E-state index in [1.807, 2.05) is 24.3 Å². The Balaban J connectivity index is 2.59. The molecule has 0 bridgehead atoms. The van der Waals surface area contributed by atoms with Crippen molar-refractivity contribution in [2.45, 2.75) is 33.2 Å². The molecule has 0 saturated heterocycles. The summed E-state index contributed by atoms with van der Waals surface area (Å²) in [6.07, 6.45) is 1.15. The molecule has 4 heteroatoms. The minimum atomic E-state index is -0.543. The molecule has 17 heavy (non-hydrogen) atoms. The van der Waals surface area contributed by atoms with Crippen LogP contribution in [0, 0.1) is 5.92 Å². The number of anilines is 2. The van der Waals surface area contributed by atoms with E-state index in [1.54, 1.807) is 0 Å². The maximum atomic E-state index is 10.7. The SMILES string of the molecule is CCC(C)C(C)Nc1ccc(NC(N)=O)cc1. The van der Waals surface area contributed by atoms with E-state index in [-0.39, 0.29) is 0 Å². The molecule has 0 aliphatic carbocycles. The first-order valence-corrected chi connectivity index (χ1v) is 5.96. The molecule has 0 fully saturated rings. The van der Waals surface area contributed by atoms with Crippen LogP contribution < -0.4 is 16.4 Å². The Kier molecular flexibility index (Phi) is 4.82. The normalized spacial score (nSPS) is 13.8. The van der Waals surface area contributed by atoms with Crippen molar-refractivity contribution < 1.29 is 4.79 Å². The molecule has 2 unspecified atom stereocenters. The van der Waals surface area contributed by atoms with E-state index < -0.39 is 6.03 Å². The smallest absolute Gasteiger partial charge is 0.316 e. The van der Waals surface area contributed by atoms with Gasteiger partial charge in [0.05, 0.1) is 0 Å².